The molecule has 2 aromatic carbocycles. The smallest absolute Gasteiger partial charge is 0.241 e. The monoisotopic (exact) mass is 358 g/mol. The molecule has 128 valence electrons. The van der Waals surface area contributed by atoms with Crippen LogP contribution in [0.25, 0.3) is 22.4 Å². The van der Waals surface area contributed by atoms with Crippen LogP contribution in [0.15, 0.2) is 53.6 Å². The van der Waals surface area contributed by atoms with E-state index in [1.54, 1.807) is 37.3 Å². The van der Waals surface area contributed by atoms with Crippen molar-refractivity contribution in [1.29, 1.82) is 0 Å². The lowest BCUT2D eigenvalue weighted by molar-refractivity contribution is 0.570. The minimum atomic E-state index is -4.31. The summed E-state index contributed by atoms with van der Waals surface area (Å²) in [6, 6.07) is 11.5. The Hall–Kier alpha value is -2.84. The van der Waals surface area contributed by atoms with Crippen LogP contribution in [0.3, 0.4) is 0 Å². The van der Waals surface area contributed by atoms with Crippen molar-refractivity contribution in [3.8, 4) is 22.4 Å². The molecule has 3 rings (SSSR count). The van der Waals surface area contributed by atoms with Gasteiger partial charge in [-0.25, -0.2) is 22.9 Å². The van der Waals surface area contributed by atoms with Crippen molar-refractivity contribution < 1.29 is 12.8 Å². The van der Waals surface area contributed by atoms with E-state index in [1.807, 2.05) is 0 Å². The van der Waals surface area contributed by atoms with E-state index in [-0.39, 0.29) is 22.6 Å². The Morgan fingerprint density at radius 3 is 2.28 bits per heavy atom. The molecule has 0 bridgehead atoms. The third-order valence-corrected chi connectivity index (χ3v) is 4.66. The molecule has 0 aliphatic rings. The minimum Gasteiger partial charge on any atom is -0.382 e. The van der Waals surface area contributed by atoms with Gasteiger partial charge in [-0.2, -0.15) is 0 Å². The van der Waals surface area contributed by atoms with Crippen LogP contribution in [-0.4, -0.2) is 18.4 Å². The Morgan fingerprint density at radius 2 is 1.68 bits per heavy atom. The predicted molar refractivity (Wildman–Crippen MR) is 93.4 cm³/mol. The lowest BCUT2D eigenvalue weighted by Crippen LogP contribution is -2.16. The van der Waals surface area contributed by atoms with Crippen molar-refractivity contribution in [2.75, 3.05) is 5.73 Å². The summed E-state index contributed by atoms with van der Waals surface area (Å²) < 4.78 is 39.2. The zero-order chi connectivity index (χ0) is 18.2. The Kier molecular flexibility index (Phi) is 4.23. The molecule has 0 unspecified atom stereocenters. The van der Waals surface area contributed by atoms with E-state index < -0.39 is 20.7 Å². The summed E-state index contributed by atoms with van der Waals surface area (Å²) in [4.78, 5) is 7.53. The molecule has 0 amide bonds. The van der Waals surface area contributed by atoms with Crippen molar-refractivity contribution >= 4 is 15.8 Å². The summed E-state index contributed by atoms with van der Waals surface area (Å²) in [6.07, 6.45) is 1.28. The first kappa shape index (κ1) is 17.0. The number of hydrogen-bond acceptors (Lipinski definition) is 5. The normalized spacial score (nSPS) is 11.5. The van der Waals surface area contributed by atoms with Crippen molar-refractivity contribution in [2.45, 2.75) is 11.8 Å². The van der Waals surface area contributed by atoms with Gasteiger partial charge < -0.3 is 5.73 Å². The highest BCUT2D eigenvalue weighted by atomic mass is 32.2. The molecular formula is C17H15FN4O2S. The molecule has 0 saturated heterocycles. The predicted octanol–water partition coefficient (Wildman–Crippen LogP) is 2.49. The number of halogens is 1. The number of nitrogens with zero attached hydrogens (tertiary/aromatic N) is 2. The van der Waals surface area contributed by atoms with Gasteiger partial charge in [-0.15, -0.1) is 0 Å². The number of benzene rings is 2. The largest absolute Gasteiger partial charge is 0.382 e. The Morgan fingerprint density at radius 1 is 1.04 bits per heavy atom. The standard InChI is InChI=1S/C17H15FN4O2S/c1-10-16(21-9-14(19)22-10)13-8-7-12(11-5-3-2-4-6-11)17(15(13)18)25(20,23)24/h2-9H,1H3,(H2,19,22)(H2,20,23,24). The number of rotatable bonds is 3. The molecule has 0 aliphatic heterocycles. The summed E-state index contributed by atoms with van der Waals surface area (Å²) in [5.74, 6) is -0.778. The molecule has 0 fully saturated rings. The van der Waals surface area contributed by atoms with Gasteiger partial charge in [-0.3, -0.25) is 4.98 Å². The van der Waals surface area contributed by atoms with E-state index in [2.05, 4.69) is 9.97 Å². The molecular weight excluding hydrogens is 343 g/mol. The topological polar surface area (TPSA) is 112 Å². The Labute approximate surface area is 144 Å². The van der Waals surface area contributed by atoms with Crippen LogP contribution in [0.4, 0.5) is 10.2 Å². The highest BCUT2D eigenvalue weighted by Crippen LogP contribution is 2.34. The van der Waals surface area contributed by atoms with Gasteiger partial charge in [0.15, 0.2) is 5.82 Å². The number of sulfonamides is 1. The molecule has 8 heteroatoms. The van der Waals surface area contributed by atoms with Crippen molar-refractivity contribution in [3.63, 3.8) is 0 Å². The van der Waals surface area contributed by atoms with Crippen LogP contribution in [0.1, 0.15) is 5.69 Å². The van der Waals surface area contributed by atoms with Gasteiger partial charge in [0, 0.05) is 11.1 Å². The molecule has 6 nitrogen and oxygen atoms in total. The van der Waals surface area contributed by atoms with Crippen LogP contribution < -0.4 is 10.9 Å². The number of aromatic nitrogens is 2. The van der Waals surface area contributed by atoms with Crippen LogP contribution >= 0.6 is 0 Å². The summed E-state index contributed by atoms with van der Waals surface area (Å²) in [5.41, 5.74) is 6.86. The molecule has 0 aliphatic carbocycles. The van der Waals surface area contributed by atoms with Gasteiger partial charge in [-0.05, 0) is 18.6 Å². The minimum absolute atomic E-state index is 0.00583. The summed E-state index contributed by atoms with van der Waals surface area (Å²) >= 11 is 0. The fourth-order valence-electron chi connectivity index (χ4n) is 2.63. The number of nitrogen functional groups attached to an aromatic ring is 1. The lowest BCUT2D eigenvalue weighted by atomic mass is 10.0. The van der Waals surface area contributed by atoms with E-state index >= 15 is 4.39 Å². The van der Waals surface area contributed by atoms with Gasteiger partial charge in [-0.1, -0.05) is 36.4 Å². The van der Waals surface area contributed by atoms with Crippen molar-refractivity contribution in [1.82, 2.24) is 9.97 Å². The second kappa shape index (κ2) is 6.23. The average molecular weight is 358 g/mol. The Bertz CT molecular complexity index is 1050. The van der Waals surface area contributed by atoms with Gasteiger partial charge >= 0.3 is 0 Å². The lowest BCUT2D eigenvalue weighted by Gasteiger charge is -2.13. The van der Waals surface area contributed by atoms with Crippen LogP contribution in [0.2, 0.25) is 0 Å². The second-order valence-corrected chi connectivity index (χ2v) is 6.94. The average Bonchev–Trinajstić information content (AvgIpc) is 2.55. The Balaban J connectivity index is 2.32. The highest BCUT2D eigenvalue weighted by Gasteiger charge is 2.25. The van der Waals surface area contributed by atoms with Gasteiger partial charge in [0.2, 0.25) is 10.0 Å². The fraction of sp³-hybridized carbons (Fsp3) is 0.0588. The maximum absolute atomic E-state index is 15.1. The van der Waals surface area contributed by atoms with Gasteiger partial charge in [0.25, 0.3) is 0 Å². The van der Waals surface area contributed by atoms with E-state index in [4.69, 9.17) is 10.9 Å². The molecule has 1 aromatic heterocycles. The molecule has 4 N–H and O–H groups in total. The van der Waals surface area contributed by atoms with Crippen molar-refractivity contribution in [3.05, 3.63) is 60.2 Å². The van der Waals surface area contributed by atoms with Crippen LogP contribution in [0.5, 0.6) is 0 Å². The quantitative estimate of drug-likeness (QED) is 0.747. The van der Waals surface area contributed by atoms with E-state index in [0.717, 1.165) is 0 Å². The third-order valence-electron chi connectivity index (χ3n) is 3.69. The summed E-state index contributed by atoms with van der Waals surface area (Å²) in [5, 5.41) is 5.28. The van der Waals surface area contributed by atoms with Gasteiger partial charge in [0.1, 0.15) is 10.7 Å². The molecule has 3 aromatic rings. The maximum atomic E-state index is 15.1. The number of anilines is 1. The second-order valence-electron chi connectivity index (χ2n) is 5.44. The SMILES string of the molecule is Cc1nc(N)cnc1-c1ccc(-c2ccccc2)c(S(N)(=O)=O)c1F. The molecule has 0 atom stereocenters. The molecule has 25 heavy (non-hydrogen) atoms. The summed E-state index contributed by atoms with van der Waals surface area (Å²) in [7, 11) is -4.31. The number of primary sulfonamides is 1. The zero-order valence-electron chi connectivity index (χ0n) is 13.3. The molecule has 1 heterocycles. The summed E-state index contributed by atoms with van der Waals surface area (Å²) in [6.45, 7) is 1.61. The zero-order valence-corrected chi connectivity index (χ0v) is 14.1. The first-order chi connectivity index (χ1) is 11.8. The van der Waals surface area contributed by atoms with Crippen LogP contribution in [-0.2, 0) is 10.0 Å². The van der Waals surface area contributed by atoms with E-state index in [1.165, 1.54) is 18.3 Å². The van der Waals surface area contributed by atoms with Gasteiger partial charge in [0.05, 0.1) is 17.6 Å². The number of aryl methyl sites for hydroxylation is 1. The molecule has 0 spiro atoms. The first-order valence-corrected chi connectivity index (χ1v) is 8.84. The molecule has 0 radical (unpaired) electrons. The highest BCUT2D eigenvalue weighted by molar-refractivity contribution is 7.89. The van der Waals surface area contributed by atoms with Crippen LogP contribution in [0, 0.1) is 12.7 Å². The number of hydrogen-bond donors (Lipinski definition) is 2. The van der Waals surface area contributed by atoms with E-state index in [0.29, 0.717) is 11.3 Å². The number of nitrogens with two attached hydrogens (primary N) is 2. The van der Waals surface area contributed by atoms with E-state index in [9.17, 15) is 8.42 Å². The molecule has 0 saturated carbocycles. The fourth-order valence-corrected chi connectivity index (χ4v) is 3.48. The first-order valence-electron chi connectivity index (χ1n) is 7.29. The maximum Gasteiger partial charge on any atom is 0.241 e. The van der Waals surface area contributed by atoms with Crippen molar-refractivity contribution in [2.24, 2.45) is 5.14 Å². The third kappa shape index (κ3) is 3.21.